The number of hydrogen-bond donors (Lipinski definition) is 0. The first-order chi connectivity index (χ1) is 11.6. The van der Waals surface area contributed by atoms with Crippen molar-refractivity contribution in [3.8, 4) is 5.75 Å². The molecule has 0 N–H and O–H groups in total. The number of hydrogen-bond acceptors (Lipinski definition) is 3. The summed E-state index contributed by atoms with van der Waals surface area (Å²) in [5.74, 6) is 0.719. The summed E-state index contributed by atoms with van der Waals surface area (Å²) in [4.78, 5) is 13.9. The average molecular weight is 325 g/mol. The van der Waals surface area contributed by atoms with Gasteiger partial charge in [0.15, 0.2) is 5.76 Å². The predicted molar refractivity (Wildman–Crippen MR) is 88.6 cm³/mol. The van der Waals surface area contributed by atoms with Gasteiger partial charge in [0.25, 0.3) is 5.91 Å². The minimum absolute atomic E-state index is 0.161. The number of carbonyl (C=O) groups excluding carboxylic acids is 1. The molecule has 1 heterocycles. The normalized spacial score (nSPS) is 10.4. The molecule has 24 heavy (non-hydrogen) atoms. The molecule has 0 aliphatic carbocycles. The fraction of sp³-hybridized carbons (Fsp3) is 0.105. The first-order valence-electron chi connectivity index (χ1n) is 7.43. The maximum Gasteiger partial charge on any atom is 0.293 e. The molecule has 0 atom stereocenters. The second kappa shape index (κ2) is 7.00. The first-order valence-corrected chi connectivity index (χ1v) is 7.43. The molecule has 0 saturated carbocycles. The van der Waals surface area contributed by atoms with Crippen molar-refractivity contribution >= 4 is 11.6 Å². The Morgan fingerprint density at radius 2 is 1.75 bits per heavy atom. The highest BCUT2D eigenvalue weighted by molar-refractivity contribution is 6.03. The van der Waals surface area contributed by atoms with Gasteiger partial charge in [0.2, 0.25) is 0 Å². The van der Waals surface area contributed by atoms with Crippen LogP contribution in [0.5, 0.6) is 5.75 Å². The molecule has 1 aromatic heterocycles. The maximum atomic E-state index is 12.8. The summed E-state index contributed by atoms with van der Waals surface area (Å²) in [6.07, 6.45) is 0. The van der Waals surface area contributed by atoms with Crippen LogP contribution in [-0.2, 0) is 6.61 Å². The number of amides is 1. The van der Waals surface area contributed by atoms with Crippen molar-refractivity contribution in [2.24, 2.45) is 0 Å². The number of halogens is 1. The van der Waals surface area contributed by atoms with Gasteiger partial charge in [-0.3, -0.25) is 4.79 Å². The van der Waals surface area contributed by atoms with E-state index in [1.54, 1.807) is 19.2 Å². The highest BCUT2D eigenvalue weighted by Gasteiger charge is 2.17. The number of furan rings is 1. The summed E-state index contributed by atoms with van der Waals surface area (Å²) < 4.78 is 23.9. The fourth-order valence-corrected chi connectivity index (χ4v) is 2.19. The molecule has 122 valence electrons. The van der Waals surface area contributed by atoms with E-state index in [9.17, 15) is 9.18 Å². The van der Waals surface area contributed by atoms with Crippen LogP contribution in [0, 0.1) is 5.82 Å². The van der Waals surface area contributed by atoms with Gasteiger partial charge in [-0.2, -0.15) is 0 Å². The number of ether oxygens (including phenoxy) is 1. The van der Waals surface area contributed by atoms with Gasteiger partial charge in [0.05, 0.1) is 0 Å². The lowest BCUT2D eigenvalue weighted by Gasteiger charge is -2.15. The molecule has 5 heteroatoms. The molecule has 2 aromatic carbocycles. The van der Waals surface area contributed by atoms with E-state index in [1.807, 2.05) is 30.3 Å². The SMILES string of the molecule is CN(C(=O)c1ccc(COc2ccc(F)cc2)o1)c1ccccc1. The molecule has 0 bridgehead atoms. The topological polar surface area (TPSA) is 42.7 Å². The molecule has 3 rings (SSSR count). The molecular weight excluding hydrogens is 309 g/mol. The average Bonchev–Trinajstić information content (AvgIpc) is 3.10. The number of carbonyl (C=O) groups is 1. The molecule has 1 amide bonds. The van der Waals surface area contributed by atoms with E-state index in [2.05, 4.69) is 0 Å². The van der Waals surface area contributed by atoms with E-state index in [-0.39, 0.29) is 24.1 Å². The zero-order chi connectivity index (χ0) is 16.9. The van der Waals surface area contributed by atoms with Crippen molar-refractivity contribution in [3.63, 3.8) is 0 Å². The Morgan fingerprint density at radius 3 is 2.46 bits per heavy atom. The number of anilines is 1. The Bertz CT molecular complexity index is 812. The second-order valence-corrected chi connectivity index (χ2v) is 5.21. The minimum Gasteiger partial charge on any atom is -0.486 e. The van der Waals surface area contributed by atoms with Crippen LogP contribution in [0.2, 0.25) is 0 Å². The first kappa shape index (κ1) is 15.8. The third-order valence-electron chi connectivity index (χ3n) is 3.52. The minimum atomic E-state index is -0.322. The molecule has 0 aliphatic rings. The third-order valence-corrected chi connectivity index (χ3v) is 3.52. The third kappa shape index (κ3) is 3.63. The van der Waals surface area contributed by atoms with Crippen LogP contribution in [0.25, 0.3) is 0 Å². The Morgan fingerprint density at radius 1 is 1.04 bits per heavy atom. The Hall–Kier alpha value is -3.08. The van der Waals surface area contributed by atoms with Crippen LogP contribution in [0.4, 0.5) is 10.1 Å². The summed E-state index contributed by atoms with van der Waals surface area (Å²) in [6.45, 7) is 0.161. The standard InChI is InChI=1S/C19H16FNO3/c1-21(15-5-3-2-4-6-15)19(22)18-12-11-17(24-18)13-23-16-9-7-14(20)8-10-16/h2-12H,13H2,1H3. The van der Waals surface area contributed by atoms with Gasteiger partial charge >= 0.3 is 0 Å². The highest BCUT2D eigenvalue weighted by Crippen LogP contribution is 2.18. The summed E-state index contributed by atoms with van der Waals surface area (Å²) in [5.41, 5.74) is 0.781. The van der Waals surface area contributed by atoms with Crippen molar-refractivity contribution in [3.05, 3.63) is 84.1 Å². The van der Waals surface area contributed by atoms with E-state index in [1.165, 1.54) is 29.2 Å². The lowest BCUT2D eigenvalue weighted by atomic mass is 10.3. The quantitative estimate of drug-likeness (QED) is 0.703. The van der Waals surface area contributed by atoms with Gasteiger partial charge in [-0.05, 0) is 48.5 Å². The van der Waals surface area contributed by atoms with Crippen molar-refractivity contribution in [2.75, 3.05) is 11.9 Å². The van der Waals surface area contributed by atoms with Gasteiger partial charge < -0.3 is 14.1 Å². The van der Waals surface area contributed by atoms with Crippen LogP contribution >= 0.6 is 0 Å². The number of benzene rings is 2. The molecule has 0 spiro atoms. The molecule has 0 fully saturated rings. The van der Waals surface area contributed by atoms with Crippen molar-refractivity contribution in [2.45, 2.75) is 6.61 Å². The monoisotopic (exact) mass is 325 g/mol. The van der Waals surface area contributed by atoms with Crippen LogP contribution in [0.3, 0.4) is 0 Å². The second-order valence-electron chi connectivity index (χ2n) is 5.21. The van der Waals surface area contributed by atoms with Gasteiger partial charge in [0, 0.05) is 12.7 Å². The van der Waals surface area contributed by atoms with Crippen molar-refractivity contribution < 1.29 is 18.3 Å². The predicted octanol–water partition coefficient (Wildman–Crippen LogP) is 4.27. The molecular formula is C19H16FNO3. The van der Waals surface area contributed by atoms with E-state index < -0.39 is 0 Å². The molecule has 0 aliphatic heterocycles. The summed E-state index contributed by atoms with van der Waals surface area (Å²) in [5, 5.41) is 0. The lowest BCUT2D eigenvalue weighted by molar-refractivity contribution is 0.0962. The van der Waals surface area contributed by atoms with Gasteiger partial charge in [-0.1, -0.05) is 18.2 Å². The van der Waals surface area contributed by atoms with Gasteiger partial charge in [-0.15, -0.1) is 0 Å². The van der Waals surface area contributed by atoms with E-state index in [0.29, 0.717) is 11.5 Å². The van der Waals surface area contributed by atoms with Crippen molar-refractivity contribution in [1.29, 1.82) is 0 Å². The largest absolute Gasteiger partial charge is 0.486 e. The van der Waals surface area contributed by atoms with Gasteiger partial charge in [0.1, 0.15) is 23.9 Å². The number of nitrogens with zero attached hydrogens (tertiary/aromatic N) is 1. The van der Waals surface area contributed by atoms with Crippen LogP contribution in [0.15, 0.2) is 71.1 Å². The van der Waals surface area contributed by atoms with Gasteiger partial charge in [-0.25, -0.2) is 4.39 Å². The molecule has 0 saturated heterocycles. The molecule has 0 radical (unpaired) electrons. The van der Waals surface area contributed by atoms with E-state index in [0.717, 1.165) is 5.69 Å². The van der Waals surface area contributed by atoms with Crippen LogP contribution in [0.1, 0.15) is 16.3 Å². The molecule has 3 aromatic rings. The zero-order valence-electron chi connectivity index (χ0n) is 13.1. The van der Waals surface area contributed by atoms with E-state index >= 15 is 0 Å². The Labute approximate surface area is 139 Å². The summed E-state index contributed by atoms with van der Waals surface area (Å²) in [6, 6.07) is 18.3. The highest BCUT2D eigenvalue weighted by atomic mass is 19.1. The smallest absolute Gasteiger partial charge is 0.293 e. The van der Waals surface area contributed by atoms with Crippen LogP contribution in [-0.4, -0.2) is 13.0 Å². The summed E-state index contributed by atoms with van der Waals surface area (Å²) in [7, 11) is 1.69. The van der Waals surface area contributed by atoms with Crippen LogP contribution < -0.4 is 9.64 Å². The maximum absolute atomic E-state index is 12.8. The van der Waals surface area contributed by atoms with E-state index in [4.69, 9.17) is 9.15 Å². The molecule has 0 unspecified atom stereocenters. The van der Waals surface area contributed by atoms with Crippen molar-refractivity contribution in [1.82, 2.24) is 0 Å². The number of para-hydroxylation sites is 1. The lowest BCUT2D eigenvalue weighted by Crippen LogP contribution is -2.25. The Balaban J connectivity index is 1.64. The Kier molecular flexibility index (Phi) is 4.61. The zero-order valence-corrected chi connectivity index (χ0v) is 13.1. The molecule has 4 nitrogen and oxygen atoms in total. The fourth-order valence-electron chi connectivity index (χ4n) is 2.19. The number of rotatable bonds is 5. The summed E-state index contributed by atoms with van der Waals surface area (Å²) >= 11 is 0.